The Labute approximate surface area is 109 Å². The van der Waals surface area contributed by atoms with E-state index in [1.54, 1.807) is 37.4 Å². The van der Waals surface area contributed by atoms with Crippen LogP contribution in [0.25, 0.3) is 5.69 Å². The number of carboxylic acid groups (broad SMARTS) is 1. The maximum absolute atomic E-state index is 11.8. The van der Waals surface area contributed by atoms with Crippen molar-refractivity contribution in [3.8, 4) is 5.69 Å². The third-order valence-electron chi connectivity index (χ3n) is 2.93. The first kappa shape index (κ1) is 13.1. The lowest BCUT2D eigenvalue weighted by molar-refractivity contribution is -0.137. The van der Waals surface area contributed by atoms with E-state index in [2.05, 4.69) is 4.98 Å². The summed E-state index contributed by atoms with van der Waals surface area (Å²) in [4.78, 5) is 25.1. The molecule has 1 unspecified atom stereocenters. The SMILES string of the molecule is Cc1c[nH]c(=O)n1-c1ccccc1C(N)CC(=O)O. The third kappa shape index (κ3) is 2.58. The fraction of sp³-hybridized carbons (Fsp3) is 0.231. The van der Waals surface area contributed by atoms with Crippen LogP contribution in [-0.4, -0.2) is 20.6 Å². The number of carbonyl (C=O) groups is 1. The van der Waals surface area contributed by atoms with E-state index in [9.17, 15) is 9.59 Å². The number of aromatic amines is 1. The summed E-state index contributed by atoms with van der Waals surface area (Å²) in [5.74, 6) is -0.972. The quantitative estimate of drug-likeness (QED) is 0.762. The summed E-state index contributed by atoms with van der Waals surface area (Å²) >= 11 is 0. The Morgan fingerprint density at radius 1 is 1.47 bits per heavy atom. The second-order valence-corrected chi connectivity index (χ2v) is 4.33. The van der Waals surface area contributed by atoms with Crippen molar-refractivity contribution in [2.45, 2.75) is 19.4 Å². The molecule has 0 aliphatic heterocycles. The van der Waals surface area contributed by atoms with Crippen molar-refractivity contribution in [3.05, 3.63) is 52.2 Å². The zero-order valence-corrected chi connectivity index (χ0v) is 10.5. The average molecular weight is 261 g/mol. The smallest absolute Gasteiger partial charge is 0.330 e. The molecule has 0 bridgehead atoms. The van der Waals surface area contributed by atoms with Gasteiger partial charge in [0.1, 0.15) is 0 Å². The standard InChI is InChI=1S/C13H15N3O3/c1-8-7-15-13(19)16(8)11-5-3-2-4-9(11)10(14)6-12(17)18/h2-5,7,10H,6,14H2,1H3,(H,15,19)(H,17,18). The molecule has 6 nitrogen and oxygen atoms in total. The van der Waals surface area contributed by atoms with E-state index in [-0.39, 0.29) is 12.1 Å². The number of hydrogen-bond donors (Lipinski definition) is 3. The zero-order valence-electron chi connectivity index (χ0n) is 10.5. The van der Waals surface area contributed by atoms with E-state index in [1.807, 2.05) is 0 Å². The number of para-hydroxylation sites is 1. The molecule has 1 heterocycles. The Morgan fingerprint density at radius 2 is 2.16 bits per heavy atom. The number of aliphatic carboxylic acids is 1. The first-order valence-electron chi connectivity index (χ1n) is 5.84. The maximum Gasteiger partial charge on any atom is 0.330 e. The highest BCUT2D eigenvalue weighted by Gasteiger charge is 2.17. The van der Waals surface area contributed by atoms with E-state index in [0.29, 0.717) is 11.3 Å². The predicted molar refractivity (Wildman–Crippen MR) is 70.3 cm³/mol. The third-order valence-corrected chi connectivity index (χ3v) is 2.93. The highest BCUT2D eigenvalue weighted by atomic mass is 16.4. The number of hydrogen-bond acceptors (Lipinski definition) is 3. The predicted octanol–water partition coefficient (Wildman–Crippen LogP) is 0.949. The first-order valence-corrected chi connectivity index (χ1v) is 5.84. The van der Waals surface area contributed by atoms with E-state index >= 15 is 0 Å². The minimum Gasteiger partial charge on any atom is -0.481 e. The highest BCUT2D eigenvalue weighted by molar-refractivity contribution is 5.68. The van der Waals surface area contributed by atoms with Gasteiger partial charge in [0.05, 0.1) is 12.1 Å². The summed E-state index contributed by atoms with van der Waals surface area (Å²) in [5.41, 5.74) is 7.61. The van der Waals surface area contributed by atoms with Gasteiger partial charge in [-0.3, -0.25) is 9.36 Å². The number of aromatic nitrogens is 2. The van der Waals surface area contributed by atoms with E-state index in [4.69, 9.17) is 10.8 Å². The monoisotopic (exact) mass is 261 g/mol. The minimum atomic E-state index is -0.972. The van der Waals surface area contributed by atoms with Gasteiger partial charge >= 0.3 is 11.7 Å². The Bertz CT molecular complexity index is 657. The first-order chi connectivity index (χ1) is 9.00. The molecule has 1 aromatic carbocycles. The van der Waals surface area contributed by atoms with Crippen LogP contribution in [0.3, 0.4) is 0 Å². The summed E-state index contributed by atoms with van der Waals surface area (Å²) in [5, 5.41) is 8.82. The molecule has 0 fully saturated rings. The minimum absolute atomic E-state index is 0.185. The lowest BCUT2D eigenvalue weighted by Crippen LogP contribution is -2.22. The molecule has 2 rings (SSSR count). The van der Waals surface area contributed by atoms with Crippen LogP contribution in [0.4, 0.5) is 0 Å². The van der Waals surface area contributed by atoms with Gasteiger partial charge in [0.15, 0.2) is 0 Å². The van der Waals surface area contributed by atoms with Gasteiger partial charge in [-0.1, -0.05) is 18.2 Å². The van der Waals surface area contributed by atoms with Crippen molar-refractivity contribution < 1.29 is 9.90 Å². The number of aryl methyl sites for hydroxylation is 1. The molecular formula is C13H15N3O3. The van der Waals surface area contributed by atoms with Crippen LogP contribution in [0.1, 0.15) is 23.7 Å². The number of carboxylic acids is 1. The Kier molecular flexibility index (Phi) is 3.52. The van der Waals surface area contributed by atoms with Gasteiger partial charge < -0.3 is 15.8 Å². The summed E-state index contributed by atoms with van der Waals surface area (Å²) in [6, 6.07) is 6.38. The molecule has 2 aromatic rings. The second-order valence-electron chi connectivity index (χ2n) is 4.33. The normalized spacial score (nSPS) is 12.3. The van der Waals surface area contributed by atoms with Crippen molar-refractivity contribution in [1.82, 2.24) is 9.55 Å². The molecule has 0 saturated carbocycles. The molecule has 19 heavy (non-hydrogen) atoms. The number of benzene rings is 1. The van der Waals surface area contributed by atoms with Gasteiger partial charge in [0.25, 0.3) is 0 Å². The topological polar surface area (TPSA) is 101 Å². The van der Waals surface area contributed by atoms with Gasteiger partial charge in [0, 0.05) is 17.9 Å². The number of H-pyrrole nitrogens is 1. The molecule has 0 radical (unpaired) electrons. The number of nitrogens with one attached hydrogen (secondary N) is 1. The summed E-state index contributed by atoms with van der Waals surface area (Å²) in [6.07, 6.45) is 1.41. The van der Waals surface area contributed by atoms with Gasteiger partial charge in [-0.15, -0.1) is 0 Å². The van der Waals surface area contributed by atoms with Crippen molar-refractivity contribution in [2.75, 3.05) is 0 Å². The van der Waals surface area contributed by atoms with Crippen molar-refractivity contribution >= 4 is 5.97 Å². The van der Waals surface area contributed by atoms with Gasteiger partial charge in [0.2, 0.25) is 0 Å². The largest absolute Gasteiger partial charge is 0.481 e. The fourth-order valence-corrected chi connectivity index (χ4v) is 2.06. The number of nitrogens with zero attached hydrogens (tertiary/aromatic N) is 1. The molecule has 0 amide bonds. The zero-order chi connectivity index (χ0) is 14.0. The van der Waals surface area contributed by atoms with E-state index in [1.165, 1.54) is 4.57 Å². The van der Waals surface area contributed by atoms with Crippen molar-refractivity contribution in [3.63, 3.8) is 0 Å². The maximum atomic E-state index is 11.8. The molecule has 1 atom stereocenters. The average Bonchev–Trinajstić information content (AvgIpc) is 2.68. The van der Waals surface area contributed by atoms with Gasteiger partial charge in [-0.2, -0.15) is 0 Å². The Morgan fingerprint density at radius 3 is 2.74 bits per heavy atom. The van der Waals surface area contributed by atoms with Crippen LogP contribution in [-0.2, 0) is 4.79 Å². The summed E-state index contributed by atoms with van der Waals surface area (Å²) in [7, 11) is 0. The highest BCUT2D eigenvalue weighted by Crippen LogP contribution is 2.22. The summed E-state index contributed by atoms with van der Waals surface area (Å²) < 4.78 is 1.48. The van der Waals surface area contributed by atoms with Gasteiger partial charge in [-0.05, 0) is 18.6 Å². The van der Waals surface area contributed by atoms with Crippen LogP contribution >= 0.6 is 0 Å². The van der Waals surface area contributed by atoms with Crippen LogP contribution in [0, 0.1) is 6.92 Å². The van der Waals surface area contributed by atoms with Crippen LogP contribution in [0.15, 0.2) is 35.3 Å². The lowest BCUT2D eigenvalue weighted by Gasteiger charge is -2.15. The van der Waals surface area contributed by atoms with Crippen LogP contribution in [0.5, 0.6) is 0 Å². The van der Waals surface area contributed by atoms with E-state index < -0.39 is 12.0 Å². The molecule has 0 saturated heterocycles. The lowest BCUT2D eigenvalue weighted by atomic mass is 10.0. The van der Waals surface area contributed by atoms with Crippen molar-refractivity contribution in [1.29, 1.82) is 0 Å². The molecule has 4 N–H and O–H groups in total. The Hall–Kier alpha value is -2.34. The molecule has 100 valence electrons. The van der Waals surface area contributed by atoms with Crippen molar-refractivity contribution in [2.24, 2.45) is 5.73 Å². The molecule has 0 aliphatic rings. The Balaban J connectivity index is 2.53. The molecular weight excluding hydrogens is 246 g/mol. The number of rotatable bonds is 4. The number of imidazole rings is 1. The van der Waals surface area contributed by atoms with E-state index in [0.717, 1.165) is 5.69 Å². The molecule has 0 aliphatic carbocycles. The molecule has 1 aromatic heterocycles. The molecule has 0 spiro atoms. The van der Waals surface area contributed by atoms with Crippen LogP contribution in [0.2, 0.25) is 0 Å². The fourth-order valence-electron chi connectivity index (χ4n) is 2.06. The molecule has 6 heteroatoms. The second kappa shape index (κ2) is 5.11. The number of nitrogens with two attached hydrogens (primary N) is 1. The van der Waals surface area contributed by atoms with Gasteiger partial charge in [-0.25, -0.2) is 4.79 Å². The van der Waals surface area contributed by atoms with Crippen LogP contribution < -0.4 is 11.4 Å². The summed E-state index contributed by atoms with van der Waals surface area (Å²) in [6.45, 7) is 1.79.